The minimum Gasteiger partial charge on any atom is -0.323 e. The Bertz CT molecular complexity index is 195. The summed E-state index contributed by atoms with van der Waals surface area (Å²) in [6.45, 7) is 6.75. The molecule has 0 spiro atoms. The van der Waals surface area contributed by atoms with E-state index in [0.29, 0.717) is 11.3 Å². The van der Waals surface area contributed by atoms with E-state index in [1.54, 1.807) is 0 Å². The van der Waals surface area contributed by atoms with Gasteiger partial charge < -0.3 is 5.84 Å². The molecule has 1 aliphatic carbocycles. The Hall–Kier alpha value is -0.530. The van der Waals surface area contributed by atoms with E-state index in [4.69, 9.17) is 5.84 Å². The second-order valence-corrected chi connectivity index (χ2v) is 5.69. The van der Waals surface area contributed by atoms with Gasteiger partial charge in [0.25, 0.3) is 0 Å². The van der Waals surface area contributed by atoms with Crippen molar-refractivity contribution in [2.75, 3.05) is 0 Å². The smallest absolute Gasteiger partial charge is 0.0412 e. The van der Waals surface area contributed by atoms with Gasteiger partial charge >= 0.3 is 0 Å². The maximum absolute atomic E-state index is 5.50. The molecular weight excluding hydrogens is 172 g/mol. The fourth-order valence-corrected chi connectivity index (χ4v) is 2.27. The lowest BCUT2D eigenvalue weighted by Gasteiger charge is -2.27. The quantitative estimate of drug-likeness (QED) is 0.411. The third-order valence-electron chi connectivity index (χ3n) is 2.95. The van der Waals surface area contributed by atoms with Crippen molar-refractivity contribution in [3.8, 4) is 0 Å². The van der Waals surface area contributed by atoms with E-state index in [-0.39, 0.29) is 0 Å². The molecule has 0 radical (unpaired) electrons. The van der Waals surface area contributed by atoms with E-state index < -0.39 is 0 Å². The molecule has 1 fully saturated rings. The fourth-order valence-electron chi connectivity index (χ4n) is 2.27. The minimum absolute atomic E-state index is 0.315. The van der Waals surface area contributed by atoms with E-state index in [2.05, 4.69) is 25.9 Å². The van der Waals surface area contributed by atoms with Gasteiger partial charge in [-0.2, -0.15) is 5.10 Å². The molecule has 0 aromatic carbocycles. The van der Waals surface area contributed by atoms with E-state index in [1.165, 1.54) is 37.8 Å². The van der Waals surface area contributed by atoms with Gasteiger partial charge in [-0.1, -0.05) is 40.0 Å². The van der Waals surface area contributed by atoms with Crippen molar-refractivity contribution >= 4 is 5.71 Å². The van der Waals surface area contributed by atoms with Crippen LogP contribution in [0.4, 0.5) is 0 Å². The highest BCUT2D eigenvalue weighted by atomic mass is 15.1. The van der Waals surface area contributed by atoms with Gasteiger partial charge in [0.1, 0.15) is 0 Å². The Morgan fingerprint density at radius 1 is 1.21 bits per heavy atom. The van der Waals surface area contributed by atoms with Crippen LogP contribution in [-0.2, 0) is 0 Å². The largest absolute Gasteiger partial charge is 0.323 e. The Balaban J connectivity index is 2.53. The summed E-state index contributed by atoms with van der Waals surface area (Å²) >= 11 is 0. The molecule has 0 heterocycles. The van der Waals surface area contributed by atoms with Gasteiger partial charge in [-0.15, -0.1) is 0 Å². The number of rotatable bonds is 2. The molecule has 14 heavy (non-hydrogen) atoms. The fraction of sp³-hybridized carbons (Fsp3) is 0.917. The highest BCUT2D eigenvalue weighted by Crippen LogP contribution is 2.30. The molecule has 2 N–H and O–H groups in total. The molecule has 0 atom stereocenters. The Morgan fingerprint density at radius 3 is 2.21 bits per heavy atom. The number of hydrogen-bond acceptors (Lipinski definition) is 2. The molecule has 1 aliphatic rings. The van der Waals surface area contributed by atoms with Crippen LogP contribution in [0.2, 0.25) is 0 Å². The van der Waals surface area contributed by atoms with Crippen molar-refractivity contribution in [3.63, 3.8) is 0 Å². The Kier molecular flexibility index (Phi) is 3.97. The molecule has 82 valence electrons. The molecule has 0 amide bonds. The van der Waals surface area contributed by atoms with Crippen LogP contribution in [0, 0.1) is 11.3 Å². The van der Waals surface area contributed by atoms with Gasteiger partial charge in [-0.05, 0) is 30.6 Å². The molecule has 2 heteroatoms. The lowest BCUT2D eigenvalue weighted by molar-refractivity contribution is 0.394. The van der Waals surface area contributed by atoms with Gasteiger partial charge in [0.05, 0.1) is 0 Å². The lowest BCUT2D eigenvalue weighted by Crippen LogP contribution is -2.24. The number of nitrogens with two attached hydrogens (primary N) is 1. The summed E-state index contributed by atoms with van der Waals surface area (Å²) in [5.74, 6) is 6.17. The van der Waals surface area contributed by atoms with Crippen molar-refractivity contribution in [2.24, 2.45) is 22.3 Å². The molecule has 0 aliphatic heterocycles. The van der Waals surface area contributed by atoms with Gasteiger partial charge in [0, 0.05) is 5.71 Å². The zero-order valence-corrected chi connectivity index (χ0v) is 9.84. The van der Waals surface area contributed by atoms with Crippen molar-refractivity contribution in [2.45, 2.75) is 59.3 Å². The predicted octanol–water partition coefficient (Wildman–Crippen LogP) is 3.32. The van der Waals surface area contributed by atoms with Crippen molar-refractivity contribution in [1.29, 1.82) is 0 Å². The van der Waals surface area contributed by atoms with Crippen LogP contribution in [0.1, 0.15) is 59.3 Å². The van der Waals surface area contributed by atoms with Crippen LogP contribution in [0.15, 0.2) is 5.10 Å². The highest BCUT2D eigenvalue weighted by Gasteiger charge is 2.23. The molecule has 0 unspecified atom stereocenters. The van der Waals surface area contributed by atoms with Crippen molar-refractivity contribution < 1.29 is 0 Å². The van der Waals surface area contributed by atoms with E-state index >= 15 is 0 Å². The normalized spacial score (nSPS) is 21.2. The summed E-state index contributed by atoms with van der Waals surface area (Å²) in [5, 5.41) is 4.01. The minimum atomic E-state index is 0.315. The van der Waals surface area contributed by atoms with E-state index in [9.17, 15) is 0 Å². The first-order chi connectivity index (χ1) is 6.53. The standard InChI is InChI=1S/C12H24N2/c1-12(2,3)9-11(14-13)10-7-5-4-6-8-10/h10H,4-9,13H2,1-3H3/b14-11-. The molecule has 0 saturated heterocycles. The average molecular weight is 196 g/mol. The molecule has 0 aromatic heterocycles. The average Bonchev–Trinajstić information content (AvgIpc) is 2.14. The van der Waals surface area contributed by atoms with Crippen LogP contribution in [0.3, 0.4) is 0 Å². The SMILES string of the molecule is CC(C)(C)C/C(=N/N)C1CCCCC1. The summed E-state index contributed by atoms with van der Waals surface area (Å²) in [5.41, 5.74) is 1.56. The topological polar surface area (TPSA) is 38.4 Å². The van der Waals surface area contributed by atoms with E-state index in [0.717, 1.165) is 6.42 Å². The third-order valence-corrected chi connectivity index (χ3v) is 2.95. The number of nitrogens with zero attached hydrogens (tertiary/aromatic N) is 1. The summed E-state index contributed by atoms with van der Waals surface area (Å²) in [4.78, 5) is 0. The lowest BCUT2D eigenvalue weighted by atomic mass is 9.79. The number of hydrogen-bond donors (Lipinski definition) is 1. The van der Waals surface area contributed by atoms with Crippen LogP contribution < -0.4 is 5.84 Å². The monoisotopic (exact) mass is 196 g/mol. The molecule has 0 bridgehead atoms. The van der Waals surface area contributed by atoms with Crippen molar-refractivity contribution in [3.05, 3.63) is 0 Å². The third kappa shape index (κ3) is 3.69. The maximum Gasteiger partial charge on any atom is 0.0412 e. The number of hydrazone groups is 1. The zero-order valence-electron chi connectivity index (χ0n) is 9.84. The molecular formula is C12H24N2. The Labute approximate surface area is 88.0 Å². The summed E-state index contributed by atoms with van der Waals surface area (Å²) in [6, 6.07) is 0. The molecule has 1 rings (SSSR count). The van der Waals surface area contributed by atoms with Crippen LogP contribution in [0.25, 0.3) is 0 Å². The summed E-state index contributed by atoms with van der Waals surface area (Å²) in [6.07, 6.45) is 7.75. The highest BCUT2D eigenvalue weighted by molar-refractivity contribution is 5.87. The van der Waals surface area contributed by atoms with Crippen LogP contribution >= 0.6 is 0 Å². The van der Waals surface area contributed by atoms with Gasteiger partial charge in [-0.25, -0.2) is 0 Å². The Morgan fingerprint density at radius 2 is 1.79 bits per heavy atom. The second kappa shape index (κ2) is 4.81. The first kappa shape index (κ1) is 11.5. The van der Waals surface area contributed by atoms with Gasteiger partial charge in [-0.3, -0.25) is 0 Å². The second-order valence-electron chi connectivity index (χ2n) is 5.69. The van der Waals surface area contributed by atoms with Gasteiger partial charge in [0.15, 0.2) is 0 Å². The molecule has 1 saturated carbocycles. The van der Waals surface area contributed by atoms with Crippen LogP contribution in [0.5, 0.6) is 0 Å². The van der Waals surface area contributed by atoms with E-state index in [1.807, 2.05) is 0 Å². The van der Waals surface area contributed by atoms with Crippen molar-refractivity contribution in [1.82, 2.24) is 0 Å². The summed E-state index contributed by atoms with van der Waals surface area (Å²) < 4.78 is 0. The maximum atomic E-state index is 5.50. The van der Waals surface area contributed by atoms with Crippen LogP contribution in [-0.4, -0.2) is 5.71 Å². The molecule has 2 nitrogen and oxygen atoms in total. The zero-order chi connectivity index (χ0) is 10.6. The molecule has 0 aromatic rings. The van der Waals surface area contributed by atoms with Gasteiger partial charge in [0.2, 0.25) is 0 Å². The summed E-state index contributed by atoms with van der Waals surface area (Å²) in [7, 11) is 0. The predicted molar refractivity (Wildman–Crippen MR) is 62.3 cm³/mol. The first-order valence-corrected chi connectivity index (χ1v) is 5.79. The first-order valence-electron chi connectivity index (χ1n) is 5.79.